The number of esters is 1. The van der Waals surface area contributed by atoms with E-state index in [4.69, 9.17) is 9.29 Å². The summed E-state index contributed by atoms with van der Waals surface area (Å²) < 4.78 is 34.7. The molecule has 4 rings (SSSR count). The molecule has 0 saturated heterocycles. The molecule has 3 N–H and O–H groups in total. The number of rotatable bonds is 3. The molecule has 1 atom stereocenters. The van der Waals surface area contributed by atoms with E-state index in [1.54, 1.807) is 12.1 Å². The van der Waals surface area contributed by atoms with Crippen molar-refractivity contribution in [1.82, 2.24) is 10.3 Å². The largest absolute Gasteiger partial charge is 0.465 e. The van der Waals surface area contributed by atoms with Crippen molar-refractivity contribution in [3.8, 4) is 0 Å². The number of carbonyl (C=O) groups is 1. The number of fused-ring (bicyclic) bond motifs is 3. The van der Waals surface area contributed by atoms with Crippen LogP contribution in [0.3, 0.4) is 0 Å². The van der Waals surface area contributed by atoms with Gasteiger partial charge in [0, 0.05) is 23.0 Å². The molecular formula is C23H28N2O5S. The Bertz CT molecular complexity index is 1180. The molecule has 0 bridgehead atoms. The molecular weight excluding hydrogens is 416 g/mol. The first-order chi connectivity index (χ1) is 14.5. The maximum absolute atomic E-state index is 12.1. The standard InChI is InChI=1S/C16H20N2O2.C7H8O3S/c1-4-20-15(19)13-9-11-10-7-5-6-8-12(10)17-14(11)16(2,3)18-13;1-6-2-4-7(5-3-6)11(8,9)10/h5-8,13,17-18H,4,9H2,1-3H3;2-5H,1H3,(H,8,9,10). The molecule has 31 heavy (non-hydrogen) atoms. The van der Waals surface area contributed by atoms with Crippen molar-refractivity contribution >= 4 is 27.0 Å². The van der Waals surface area contributed by atoms with Crippen LogP contribution in [0.2, 0.25) is 0 Å². The Labute approximate surface area is 182 Å². The summed E-state index contributed by atoms with van der Waals surface area (Å²) in [6.07, 6.45) is 0.668. The van der Waals surface area contributed by atoms with Gasteiger partial charge in [-0.25, -0.2) is 0 Å². The molecule has 1 unspecified atom stereocenters. The van der Waals surface area contributed by atoms with Crippen LogP contribution in [-0.4, -0.2) is 36.6 Å². The molecule has 2 aromatic carbocycles. The normalized spacial score (nSPS) is 17.4. The highest BCUT2D eigenvalue weighted by molar-refractivity contribution is 7.85. The lowest BCUT2D eigenvalue weighted by Crippen LogP contribution is -2.53. The summed E-state index contributed by atoms with van der Waals surface area (Å²) in [7, 11) is -4.02. The first-order valence-corrected chi connectivity index (χ1v) is 11.6. The summed E-state index contributed by atoms with van der Waals surface area (Å²) in [5.74, 6) is -0.170. The average Bonchev–Trinajstić information content (AvgIpc) is 3.08. The Balaban J connectivity index is 0.000000210. The van der Waals surface area contributed by atoms with Gasteiger partial charge in [-0.2, -0.15) is 8.42 Å². The number of carbonyl (C=O) groups excluding carboxylic acids is 1. The van der Waals surface area contributed by atoms with Crippen LogP contribution in [0.1, 0.15) is 37.6 Å². The first-order valence-electron chi connectivity index (χ1n) is 10.1. The van der Waals surface area contributed by atoms with Gasteiger partial charge in [0.2, 0.25) is 0 Å². The van der Waals surface area contributed by atoms with Crippen molar-refractivity contribution in [3.63, 3.8) is 0 Å². The predicted molar refractivity (Wildman–Crippen MR) is 120 cm³/mol. The highest BCUT2D eigenvalue weighted by atomic mass is 32.2. The molecule has 0 amide bonds. The van der Waals surface area contributed by atoms with Crippen LogP contribution >= 0.6 is 0 Å². The highest BCUT2D eigenvalue weighted by Gasteiger charge is 2.38. The number of H-pyrrole nitrogens is 1. The highest BCUT2D eigenvalue weighted by Crippen LogP contribution is 2.35. The van der Waals surface area contributed by atoms with Crippen LogP contribution in [0.25, 0.3) is 10.9 Å². The smallest absolute Gasteiger partial charge is 0.323 e. The molecule has 0 aliphatic carbocycles. The lowest BCUT2D eigenvalue weighted by atomic mass is 9.86. The van der Waals surface area contributed by atoms with Gasteiger partial charge in [0.15, 0.2) is 0 Å². The minimum atomic E-state index is -4.02. The van der Waals surface area contributed by atoms with Gasteiger partial charge in [0.25, 0.3) is 10.1 Å². The van der Waals surface area contributed by atoms with Gasteiger partial charge in [0.1, 0.15) is 6.04 Å². The zero-order valence-corrected chi connectivity index (χ0v) is 18.9. The van der Waals surface area contributed by atoms with E-state index in [9.17, 15) is 13.2 Å². The summed E-state index contributed by atoms with van der Waals surface area (Å²) >= 11 is 0. The second kappa shape index (κ2) is 8.82. The SMILES string of the molecule is CCOC(=O)C1Cc2c([nH]c3ccccc23)C(C)(C)N1.Cc1ccc(S(=O)(=O)O)cc1. The van der Waals surface area contributed by atoms with Crippen molar-refractivity contribution in [1.29, 1.82) is 0 Å². The van der Waals surface area contributed by atoms with Gasteiger partial charge < -0.3 is 9.72 Å². The molecule has 7 nitrogen and oxygen atoms in total. The summed E-state index contributed by atoms with van der Waals surface area (Å²) in [5, 5.41) is 4.59. The third-order valence-corrected chi connectivity index (χ3v) is 6.14. The van der Waals surface area contributed by atoms with Crippen LogP contribution in [0, 0.1) is 6.92 Å². The molecule has 0 saturated carbocycles. The molecule has 8 heteroatoms. The van der Waals surface area contributed by atoms with Crippen LogP contribution < -0.4 is 5.32 Å². The van der Waals surface area contributed by atoms with Crippen molar-refractivity contribution in [2.45, 2.75) is 50.6 Å². The van der Waals surface area contributed by atoms with Crippen LogP contribution in [0.5, 0.6) is 0 Å². The molecule has 2 heterocycles. The van der Waals surface area contributed by atoms with E-state index in [0.717, 1.165) is 11.1 Å². The number of hydrogen-bond acceptors (Lipinski definition) is 5. The lowest BCUT2D eigenvalue weighted by molar-refractivity contribution is -0.146. The summed E-state index contributed by atoms with van der Waals surface area (Å²) in [4.78, 5) is 15.5. The van der Waals surface area contributed by atoms with Crippen LogP contribution in [0.15, 0.2) is 53.4 Å². The fourth-order valence-electron chi connectivity index (χ4n) is 3.80. The molecule has 1 aliphatic heterocycles. The zero-order chi connectivity index (χ0) is 22.8. The summed E-state index contributed by atoms with van der Waals surface area (Å²) in [5.41, 5.74) is 4.19. The van der Waals surface area contributed by atoms with Gasteiger partial charge in [-0.15, -0.1) is 0 Å². The van der Waals surface area contributed by atoms with Gasteiger partial charge in [0.05, 0.1) is 17.0 Å². The molecule has 1 aliphatic rings. The number of hydrogen-bond donors (Lipinski definition) is 3. The molecule has 0 radical (unpaired) electrons. The summed E-state index contributed by atoms with van der Waals surface area (Å²) in [6, 6.07) is 13.9. The fourth-order valence-corrected chi connectivity index (χ4v) is 4.28. The zero-order valence-electron chi connectivity index (χ0n) is 18.1. The quantitative estimate of drug-likeness (QED) is 0.420. The minimum Gasteiger partial charge on any atom is -0.465 e. The van der Waals surface area contributed by atoms with Gasteiger partial charge in [-0.1, -0.05) is 35.9 Å². The lowest BCUT2D eigenvalue weighted by Gasteiger charge is -2.36. The third kappa shape index (κ3) is 5.15. The van der Waals surface area contributed by atoms with E-state index in [-0.39, 0.29) is 22.4 Å². The average molecular weight is 445 g/mol. The molecule has 0 spiro atoms. The monoisotopic (exact) mass is 444 g/mol. The predicted octanol–water partition coefficient (Wildman–Crippen LogP) is 3.72. The number of para-hydroxylation sites is 1. The second-order valence-electron chi connectivity index (χ2n) is 8.09. The summed E-state index contributed by atoms with van der Waals surface area (Å²) in [6.45, 7) is 8.27. The maximum Gasteiger partial charge on any atom is 0.323 e. The number of aryl methyl sites for hydroxylation is 1. The maximum atomic E-state index is 12.1. The number of aromatic amines is 1. The molecule has 1 aromatic heterocycles. The van der Waals surface area contributed by atoms with E-state index in [1.165, 1.54) is 28.8 Å². The third-order valence-electron chi connectivity index (χ3n) is 5.27. The topological polar surface area (TPSA) is 108 Å². The number of aromatic nitrogens is 1. The van der Waals surface area contributed by atoms with Crippen molar-refractivity contribution in [2.24, 2.45) is 0 Å². The number of ether oxygens (including phenoxy) is 1. The van der Waals surface area contributed by atoms with Crippen molar-refractivity contribution in [3.05, 3.63) is 65.4 Å². The van der Waals surface area contributed by atoms with E-state index in [1.807, 2.05) is 26.0 Å². The number of benzene rings is 2. The van der Waals surface area contributed by atoms with Gasteiger partial charge >= 0.3 is 5.97 Å². The Morgan fingerprint density at radius 2 is 1.81 bits per heavy atom. The van der Waals surface area contributed by atoms with Gasteiger partial charge in [-0.05, 0) is 51.5 Å². The van der Waals surface area contributed by atoms with Crippen molar-refractivity contribution in [2.75, 3.05) is 6.61 Å². The first kappa shape index (κ1) is 23.0. The van der Waals surface area contributed by atoms with Crippen LogP contribution in [-0.2, 0) is 31.6 Å². The van der Waals surface area contributed by atoms with Crippen molar-refractivity contribution < 1.29 is 22.5 Å². The van der Waals surface area contributed by atoms with Crippen LogP contribution in [0.4, 0.5) is 0 Å². The molecule has 166 valence electrons. The number of nitrogens with one attached hydrogen (secondary N) is 2. The molecule has 0 fully saturated rings. The van der Waals surface area contributed by atoms with E-state index >= 15 is 0 Å². The van der Waals surface area contributed by atoms with E-state index in [0.29, 0.717) is 13.0 Å². The van der Waals surface area contributed by atoms with Gasteiger partial charge in [-0.3, -0.25) is 14.7 Å². The minimum absolute atomic E-state index is 0.0666. The van der Waals surface area contributed by atoms with E-state index < -0.39 is 10.1 Å². The molecule has 3 aromatic rings. The second-order valence-corrected chi connectivity index (χ2v) is 9.51. The van der Waals surface area contributed by atoms with E-state index in [2.05, 4.69) is 36.3 Å². The Morgan fingerprint density at radius 3 is 2.42 bits per heavy atom. The fraction of sp³-hybridized carbons (Fsp3) is 0.348. The Kier molecular flexibility index (Phi) is 6.54. The Morgan fingerprint density at radius 1 is 1.16 bits per heavy atom. The Hall–Kier alpha value is -2.68.